The molecule has 0 radical (unpaired) electrons. The largest absolute Gasteiger partial charge is 0.482 e. The summed E-state index contributed by atoms with van der Waals surface area (Å²) in [6.07, 6.45) is 3.10. The number of thiophene rings is 1. The molecule has 2 aliphatic rings. The molecule has 0 saturated carbocycles. The van der Waals surface area contributed by atoms with Crippen molar-refractivity contribution in [3.63, 3.8) is 0 Å². The van der Waals surface area contributed by atoms with Crippen LogP contribution in [0.25, 0.3) is 0 Å². The summed E-state index contributed by atoms with van der Waals surface area (Å²) in [6.45, 7) is 2.64. The second-order valence-electron chi connectivity index (χ2n) is 7.19. The second kappa shape index (κ2) is 7.75. The van der Waals surface area contributed by atoms with Crippen molar-refractivity contribution in [3.8, 4) is 5.75 Å². The van der Waals surface area contributed by atoms with Crippen molar-refractivity contribution in [3.05, 3.63) is 46.2 Å². The molecule has 1 fully saturated rings. The van der Waals surface area contributed by atoms with E-state index >= 15 is 0 Å². The Morgan fingerprint density at radius 1 is 1.25 bits per heavy atom. The second-order valence-corrected chi connectivity index (χ2v) is 8.14. The number of fused-ring (bicyclic) bond motifs is 1. The summed E-state index contributed by atoms with van der Waals surface area (Å²) in [6, 6.07) is 8.83. The number of anilines is 1. The molecular formula is C21H22N2O4S. The molecule has 3 heterocycles. The number of carbonyl (C=O) groups excluding carboxylic acids is 3. The molecule has 1 atom stereocenters. The summed E-state index contributed by atoms with van der Waals surface area (Å²) in [5.41, 5.74) is 0.958. The predicted octanol–water partition coefficient (Wildman–Crippen LogP) is 3.11. The molecule has 1 aromatic heterocycles. The summed E-state index contributed by atoms with van der Waals surface area (Å²) in [5, 5.41) is 1.85. The highest BCUT2D eigenvalue weighted by Gasteiger charge is 2.31. The van der Waals surface area contributed by atoms with E-state index in [-0.39, 0.29) is 36.8 Å². The Morgan fingerprint density at radius 2 is 2.11 bits per heavy atom. The maximum Gasteiger partial charge on any atom is 0.265 e. The maximum atomic E-state index is 12.9. The van der Waals surface area contributed by atoms with Crippen molar-refractivity contribution < 1.29 is 19.1 Å². The summed E-state index contributed by atoms with van der Waals surface area (Å²) in [5.74, 6) is 0.0724. The SMILES string of the molecule is C[C@@H]1CCCCN1C(=O)CN1C(=O)COc2ccc(C(=O)c3cccs3)cc21. The Morgan fingerprint density at radius 3 is 2.86 bits per heavy atom. The third-order valence-corrected chi connectivity index (χ3v) is 6.19. The number of rotatable bonds is 4. The highest BCUT2D eigenvalue weighted by atomic mass is 32.1. The van der Waals surface area contributed by atoms with Crippen LogP contribution in [0.4, 0.5) is 5.69 Å². The van der Waals surface area contributed by atoms with E-state index in [1.165, 1.54) is 16.2 Å². The summed E-state index contributed by atoms with van der Waals surface area (Å²) < 4.78 is 5.51. The van der Waals surface area contributed by atoms with E-state index in [1.807, 2.05) is 23.3 Å². The fourth-order valence-electron chi connectivity index (χ4n) is 3.76. The lowest BCUT2D eigenvalue weighted by Crippen LogP contribution is -2.50. The van der Waals surface area contributed by atoms with Gasteiger partial charge in [0.25, 0.3) is 5.91 Å². The Hall–Kier alpha value is -2.67. The minimum absolute atomic E-state index is 0.0316. The number of hydrogen-bond acceptors (Lipinski definition) is 5. The Bertz CT molecular complexity index is 909. The van der Waals surface area contributed by atoms with Gasteiger partial charge in [-0.25, -0.2) is 0 Å². The van der Waals surface area contributed by atoms with Crippen molar-refractivity contribution in [2.24, 2.45) is 0 Å². The highest BCUT2D eigenvalue weighted by Crippen LogP contribution is 2.34. The van der Waals surface area contributed by atoms with E-state index in [2.05, 4.69) is 0 Å². The number of nitrogens with zero attached hydrogens (tertiary/aromatic N) is 2. The van der Waals surface area contributed by atoms with Gasteiger partial charge >= 0.3 is 0 Å². The first kappa shape index (κ1) is 18.7. The van der Waals surface area contributed by atoms with Crippen molar-refractivity contribution in [2.45, 2.75) is 32.2 Å². The molecule has 146 valence electrons. The normalized spacial score (nSPS) is 19.2. The third kappa shape index (κ3) is 3.54. The van der Waals surface area contributed by atoms with Crippen molar-refractivity contribution in [1.29, 1.82) is 0 Å². The first-order valence-corrected chi connectivity index (χ1v) is 10.4. The fourth-order valence-corrected chi connectivity index (χ4v) is 4.45. The van der Waals surface area contributed by atoms with E-state index in [1.54, 1.807) is 24.3 Å². The van der Waals surface area contributed by atoms with Crippen LogP contribution < -0.4 is 9.64 Å². The monoisotopic (exact) mass is 398 g/mol. The molecule has 2 aliphatic heterocycles. The molecule has 2 amide bonds. The third-order valence-electron chi connectivity index (χ3n) is 5.33. The van der Waals surface area contributed by atoms with Gasteiger partial charge in [0.05, 0.1) is 10.6 Å². The topological polar surface area (TPSA) is 66.9 Å². The molecule has 0 aliphatic carbocycles. The van der Waals surface area contributed by atoms with Gasteiger partial charge in [0, 0.05) is 18.2 Å². The average Bonchev–Trinajstić information content (AvgIpc) is 3.24. The van der Waals surface area contributed by atoms with Crippen molar-refractivity contribution in [2.75, 3.05) is 24.6 Å². The fraction of sp³-hybridized carbons (Fsp3) is 0.381. The van der Waals surface area contributed by atoms with Gasteiger partial charge in [-0.05, 0) is 55.8 Å². The standard InChI is InChI=1S/C21H22N2O4S/c1-14-5-2-3-9-22(14)19(24)12-23-16-11-15(21(26)18-6-4-10-28-18)7-8-17(16)27-13-20(23)25/h4,6-8,10-11,14H,2-3,5,9,12-13H2,1H3/t14-/m1/s1. The van der Waals surface area contributed by atoms with E-state index in [0.29, 0.717) is 21.9 Å². The number of hydrogen-bond donors (Lipinski definition) is 0. The van der Waals surface area contributed by atoms with Crippen molar-refractivity contribution in [1.82, 2.24) is 4.90 Å². The van der Waals surface area contributed by atoms with E-state index < -0.39 is 0 Å². The number of likely N-dealkylation sites (tertiary alicyclic amines) is 1. The van der Waals surface area contributed by atoms with Crippen LogP contribution in [0.5, 0.6) is 5.75 Å². The van der Waals surface area contributed by atoms with Crippen LogP contribution in [0.2, 0.25) is 0 Å². The Kier molecular flexibility index (Phi) is 5.17. The van der Waals surface area contributed by atoms with Gasteiger partial charge < -0.3 is 9.64 Å². The van der Waals surface area contributed by atoms with E-state index in [9.17, 15) is 14.4 Å². The molecule has 6 nitrogen and oxygen atoms in total. The van der Waals surface area contributed by atoms with Gasteiger partial charge in [0.2, 0.25) is 11.7 Å². The lowest BCUT2D eigenvalue weighted by molar-refractivity contribution is -0.134. The lowest BCUT2D eigenvalue weighted by Gasteiger charge is -2.36. The average molecular weight is 398 g/mol. The van der Waals surface area contributed by atoms with Crippen LogP contribution in [0.1, 0.15) is 41.4 Å². The number of carbonyl (C=O) groups is 3. The van der Waals surface area contributed by atoms with Gasteiger partial charge in [-0.2, -0.15) is 0 Å². The van der Waals surface area contributed by atoms with Crippen LogP contribution in [-0.4, -0.2) is 48.2 Å². The van der Waals surface area contributed by atoms with E-state index in [0.717, 1.165) is 25.8 Å². The molecule has 1 aromatic carbocycles. The molecule has 0 bridgehead atoms. The van der Waals surface area contributed by atoms with Crippen LogP contribution in [0.3, 0.4) is 0 Å². The molecule has 4 rings (SSSR count). The summed E-state index contributed by atoms with van der Waals surface area (Å²) in [7, 11) is 0. The van der Waals surface area contributed by atoms with E-state index in [4.69, 9.17) is 4.74 Å². The summed E-state index contributed by atoms with van der Waals surface area (Å²) in [4.78, 5) is 42.0. The smallest absolute Gasteiger partial charge is 0.265 e. The maximum absolute atomic E-state index is 12.9. The Labute approximate surface area is 167 Å². The first-order chi connectivity index (χ1) is 13.5. The molecule has 1 saturated heterocycles. The lowest BCUT2D eigenvalue weighted by atomic mass is 10.0. The summed E-state index contributed by atoms with van der Waals surface area (Å²) >= 11 is 1.37. The molecule has 2 aromatic rings. The minimum atomic E-state index is -0.272. The van der Waals surface area contributed by atoms with Crippen LogP contribution in [-0.2, 0) is 9.59 Å². The van der Waals surface area contributed by atoms with Crippen molar-refractivity contribution >= 4 is 34.6 Å². The highest BCUT2D eigenvalue weighted by molar-refractivity contribution is 7.12. The number of piperidine rings is 1. The zero-order chi connectivity index (χ0) is 19.7. The zero-order valence-corrected chi connectivity index (χ0v) is 16.5. The number of amides is 2. The van der Waals surface area contributed by atoms with Gasteiger partial charge in [-0.3, -0.25) is 19.3 Å². The quantitative estimate of drug-likeness (QED) is 0.743. The zero-order valence-electron chi connectivity index (χ0n) is 15.7. The number of benzene rings is 1. The molecule has 28 heavy (non-hydrogen) atoms. The molecular weight excluding hydrogens is 376 g/mol. The number of ether oxygens (including phenoxy) is 1. The molecule has 0 unspecified atom stereocenters. The predicted molar refractivity (Wildman–Crippen MR) is 107 cm³/mol. The van der Waals surface area contributed by atoms with Gasteiger partial charge in [0.1, 0.15) is 12.3 Å². The minimum Gasteiger partial charge on any atom is -0.482 e. The number of ketones is 1. The molecule has 7 heteroatoms. The van der Waals surface area contributed by atoms with Crippen LogP contribution >= 0.6 is 11.3 Å². The van der Waals surface area contributed by atoms with Gasteiger partial charge in [-0.15, -0.1) is 11.3 Å². The van der Waals surface area contributed by atoms with Crippen LogP contribution in [0, 0.1) is 0 Å². The first-order valence-electron chi connectivity index (χ1n) is 9.49. The van der Waals surface area contributed by atoms with Gasteiger partial charge in [0.15, 0.2) is 6.61 Å². The molecule has 0 N–H and O–H groups in total. The van der Waals surface area contributed by atoms with Crippen LogP contribution in [0.15, 0.2) is 35.7 Å². The van der Waals surface area contributed by atoms with Gasteiger partial charge in [-0.1, -0.05) is 6.07 Å². The Balaban J connectivity index is 1.61. The molecule has 0 spiro atoms.